The Morgan fingerprint density at radius 1 is 0.926 bits per heavy atom. The molecule has 1 saturated heterocycles. The van der Waals surface area contributed by atoms with Gasteiger partial charge >= 0.3 is 6.03 Å². The molecule has 1 aliphatic rings. The molecule has 1 heterocycles. The molecular formula is C22H18N2O3. The zero-order chi connectivity index (χ0) is 19.0. The van der Waals surface area contributed by atoms with E-state index < -0.39 is 17.5 Å². The molecule has 3 aromatic rings. The Bertz CT molecular complexity index is 1060. The number of nitrogens with zero attached hydrogens (tertiary/aromatic N) is 1. The summed E-state index contributed by atoms with van der Waals surface area (Å²) < 4.78 is 0. The van der Waals surface area contributed by atoms with Gasteiger partial charge in [-0.3, -0.25) is 14.5 Å². The molecule has 27 heavy (non-hydrogen) atoms. The summed E-state index contributed by atoms with van der Waals surface area (Å²) in [5.41, 5.74) is -0.00577. The molecule has 4 rings (SSSR count). The van der Waals surface area contributed by atoms with E-state index in [0.29, 0.717) is 11.1 Å². The summed E-state index contributed by atoms with van der Waals surface area (Å²) in [6.07, 6.45) is 0. The summed E-state index contributed by atoms with van der Waals surface area (Å²) in [4.78, 5) is 39.0. The minimum Gasteiger partial charge on any atom is -0.319 e. The van der Waals surface area contributed by atoms with Crippen molar-refractivity contribution in [2.45, 2.75) is 12.5 Å². The van der Waals surface area contributed by atoms with Crippen LogP contribution in [0.4, 0.5) is 4.79 Å². The van der Waals surface area contributed by atoms with Crippen molar-refractivity contribution >= 4 is 28.5 Å². The third-order valence-electron chi connectivity index (χ3n) is 5.00. The summed E-state index contributed by atoms with van der Waals surface area (Å²) in [5, 5.41) is 4.69. The number of urea groups is 1. The van der Waals surface area contributed by atoms with Gasteiger partial charge in [-0.1, -0.05) is 66.7 Å². The quantitative estimate of drug-likeness (QED) is 0.573. The van der Waals surface area contributed by atoms with E-state index in [2.05, 4.69) is 5.32 Å². The number of Topliss-reactive ketones (excluding diaryl/α,β-unsaturated/α-hetero) is 1. The zero-order valence-electron chi connectivity index (χ0n) is 14.8. The van der Waals surface area contributed by atoms with Crippen molar-refractivity contribution in [2.24, 2.45) is 0 Å². The highest BCUT2D eigenvalue weighted by Gasteiger charge is 2.49. The Morgan fingerprint density at radius 2 is 1.59 bits per heavy atom. The van der Waals surface area contributed by atoms with Crippen LogP contribution in [0.2, 0.25) is 0 Å². The number of hydrogen-bond donors (Lipinski definition) is 1. The van der Waals surface area contributed by atoms with E-state index >= 15 is 0 Å². The van der Waals surface area contributed by atoms with Gasteiger partial charge in [-0.2, -0.15) is 0 Å². The molecule has 0 aromatic heterocycles. The first-order valence-corrected chi connectivity index (χ1v) is 8.71. The zero-order valence-corrected chi connectivity index (χ0v) is 14.8. The van der Waals surface area contributed by atoms with E-state index in [1.54, 1.807) is 31.2 Å². The second kappa shape index (κ2) is 6.36. The standard InChI is InChI=1S/C22H18N2O3/c1-22(18-9-3-2-4-10-18)20(26)24(21(27)23-22)14-19(25)17-12-11-15-7-5-6-8-16(15)13-17/h2-13H,14H2,1H3,(H,23,27)/t22-/m1/s1. The number of ketones is 1. The van der Waals surface area contributed by atoms with Crippen LogP contribution in [0, 0.1) is 0 Å². The van der Waals surface area contributed by atoms with Crippen molar-refractivity contribution in [2.75, 3.05) is 6.54 Å². The third kappa shape index (κ3) is 2.87. The van der Waals surface area contributed by atoms with Crippen molar-refractivity contribution < 1.29 is 14.4 Å². The van der Waals surface area contributed by atoms with Gasteiger partial charge < -0.3 is 5.32 Å². The van der Waals surface area contributed by atoms with Crippen LogP contribution in [0.15, 0.2) is 72.8 Å². The van der Waals surface area contributed by atoms with Gasteiger partial charge in [-0.25, -0.2) is 4.79 Å². The van der Waals surface area contributed by atoms with Crippen molar-refractivity contribution in [1.29, 1.82) is 0 Å². The fourth-order valence-corrected chi connectivity index (χ4v) is 3.41. The van der Waals surface area contributed by atoms with Crippen molar-refractivity contribution in [3.63, 3.8) is 0 Å². The van der Waals surface area contributed by atoms with Gasteiger partial charge in [-0.05, 0) is 29.3 Å². The van der Waals surface area contributed by atoms with Gasteiger partial charge in [-0.15, -0.1) is 0 Å². The summed E-state index contributed by atoms with van der Waals surface area (Å²) in [7, 11) is 0. The number of benzene rings is 3. The van der Waals surface area contributed by atoms with Crippen LogP contribution in [0.3, 0.4) is 0 Å². The number of amides is 3. The number of carbonyl (C=O) groups excluding carboxylic acids is 3. The van der Waals surface area contributed by atoms with E-state index in [-0.39, 0.29) is 12.3 Å². The fourth-order valence-electron chi connectivity index (χ4n) is 3.41. The molecule has 0 radical (unpaired) electrons. The summed E-state index contributed by atoms with van der Waals surface area (Å²) in [6.45, 7) is 1.37. The number of carbonyl (C=O) groups is 3. The fraction of sp³-hybridized carbons (Fsp3) is 0.136. The summed E-state index contributed by atoms with van der Waals surface area (Å²) >= 11 is 0. The number of fused-ring (bicyclic) bond motifs is 1. The lowest BCUT2D eigenvalue weighted by molar-refractivity contribution is -0.130. The molecule has 0 aliphatic carbocycles. The molecule has 1 fully saturated rings. The lowest BCUT2D eigenvalue weighted by Crippen LogP contribution is -2.41. The highest BCUT2D eigenvalue weighted by atomic mass is 16.2. The molecule has 5 heteroatoms. The van der Waals surface area contributed by atoms with Crippen LogP contribution in [0.5, 0.6) is 0 Å². The van der Waals surface area contributed by atoms with E-state index in [0.717, 1.165) is 15.7 Å². The van der Waals surface area contributed by atoms with Crippen LogP contribution in [-0.2, 0) is 10.3 Å². The number of rotatable bonds is 4. The molecule has 0 spiro atoms. The van der Waals surface area contributed by atoms with Gasteiger partial charge in [0, 0.05) is 5.56 Å². The average Bonchev–Trinajstić information content (AvgIpc) is 2.92. The maximum Gasteiger partial charge on any atom is 0.325 e. The highest BCUT2D eigenvalue weighted by molar-refractivity contribution is 6.11. The minimum absolute atomic E-state index is 0.276. The van der Waals surface area contributed by atoms with Crippen molar-refractivity contribution in [3.8, 4) is 0 Å². The first kappa shape index (κ1) is 17.0. The maximum absolute atomic E-state index is 12.9. The normalized spacial score (nSPS) is 19.4. The van der Waals surface area contributed by atoms with Gasteiger partial charge in [0.15, 0.2) is 5.78 Å². The van der Waals surface area contributed by atoms with E-state index in [9.17, 15) is 14.4 Å². The van der Waals surface area contributed by atoms with E-state index in [1.165, 1.54) is 0 Å². The Labute approximate surface area is 156 Å². The molecule has 1 atom stereocenters. The van der Waals surface area contributed by atoms with Crippen LogP contribution >= 0.6 is 0 Å². The molecule has 3 amide bonds. The van der Waals surface area contributed by atoms with Crippen LogP contribution in [0.25, 0.3) is 10.8 Å². The Morgan fingerprint density at radius 3 is 2.33 bits per heavy atom. The molecule has 0 unspecified atom stereocenters. The molecular weight excluding hydrogens is 340 g/mol. The average molecular weight is 358 g/mol. The molecule has 5 nitrogen and oxygen atoms in total. The Kier molecular flexibility index (Phi) is 4.00. The molecule has 1 N–H and O–H groups in total. The number of imide groups is 1. The van der Waals surface area contributed by atoms with Crippen LogP contribution < -0.4 is 5.32 Å². The first-order valence-electron chi connectivity index (χ1n) is 8.71. The largest absolute Gasteiger partial charge is 0.325 e. The SMILES string of the molecule is C[C@]1(c2ccccc2)NC(=O)N(CC(=O)c2ccc3ccccc3c2)C1=O. The lowest BCUT2D eigenvalue weighted by atomic mass is 9.92. The molecule has 3 aromatic carbocycles. The summed E-state index contributed by atoms with van der Waals surface area (Å²) in [6, 6.07) is 21.6. The number of nitrogens with one attached hydrogen (secondary N) is 1. The number of hydrogen-bond acceptors (Lipinski definition) is 3. The van der Waals surface area contributed by atoms with E-state index in [4.69, 9.17) is 0 Å². The molecule has 0 saturated carbocycles. The van der Waals surface area contributed by atoms with Gasteiger partial charge in [0.05, 0.1) is 6.54 Å². The smallest absolute Gasteiger partial charge is 0.319 e. The minimum atomic E-state index is -1.16. The van der Waals surface area contributed by atoms with Gasteiger partial charge in [0.2, 0.25) is 0 Å². The first-order chi connectivity index (χ1) is 13.0. The topological polar surface area (TPSA) is 66.5 Å². The second-order valence-electron chi connectivity index (χ2n) is 6.80. The van der Waals surface area contributed by atoms with Crippen LogP contribution in [0.1, 0.15) is 22.8 Å². The Hall–Kier alpha value is -3.47. The molecule has 134 valence electrons. The molecule has 0 bridgehead atoms. The summed E-state index contributed by atoms with van der Waals surface area (Å²) in [5.74, 6) is -0.700. The van der Waals surface area contributed by atoms with Gasteiger partial charge in [0.25, 0.3) is 5.91 Å². The van der Waals surface area contributed by atoms with Crippen molar-refractivity contribution in [3.05, 3.63) is 83.9 Å². The highest BCUT2D eigenvalue weighted by Crippen LogP contribution is 2.28. The van der Waals surface area contributed by atoms with Crippen LogP contribution in [-0.4, -0.2) is 29.2 Å². The Balaban J connectivity index is 1.59. The van der Waals surface area contributed by atoms with Crippen molar-refractivity contribution in [1.82, 2.24) is 10.2 Å². The van der Waals surface area contributed by atoms with E-state index in [1.807, 2.05) is 48.5 Å². The predicted octanol–water partition coefficient (Wildman–Crippen LogP) is 3.49. The lowest BCUT2D eigenvalue weighted by Gasteiger charge is -2.22. The maximum atomic E-state index is 12.9. The predicted molar refractivity (Wildman–Crippen MR) is 102 cm³/mol. The second-order valence-corrected chi connectivity index (χ2v) is 6.80. The molecule has 1 aliphatic heterocycles. The van der Waals surface area contributed by atoms with Gasteiger partial charge in [0.1, 0.15) is 5.54 Å². The third-order valence-corrected chi connectivity index (χ3v) is 5.00. The monoisotopic (exact) mass is 358 g/mol.